The van der Waals surface area contributed by atoms with Gasteiger partial charge in [-0.3, -0.25) is 0 Å². The topological polar surface area (TPSA) is 26.0 Å². The largest absolute Gasteiger partial charge is 0.328 e. The van der Waals surface area contributed by atoms with Crippen LogP contribution >= 0.6 is 0 Å². The second-order valence-corrected chi connectivity index (χ2v) is 6.56. The van der Waals surface area contributed by atoms with E-state index in [2.05, 4.69) is 6.92 Å². The van der Waals surface area contributed by atoms with E-state index in [-0.39, 0.29) is 0 Å². The van der Waals surface area contributed by atoms with Crippen LogP contribution in [0.2, 0.25) is 0 Å². The SMILES string of the molecule is CC1CCCCCCCC(N)CCCCCCC1. The molecule has 0 heterocycles. The van der Waals surface area contributed by atoms with Crippen LogP contribution in [-0.4, -0.2) is 6.04 Å². The third kappa shape index (κ3) is 8.97. The summed E-state index contributed by atoms with van der Waals surface area (Å²) in [6, 6.07) is 0.484. The molecule has 1 aliphatic rings. The normalized spacial score (nSPS) is 31.0. The zero-order valence-electron chi connectivity index (χ0n) is 12.6. The Kier molecular flexibility index (Phi) is 9.65. The molecule has 1 heteroatoms. The Labute approximate surface area is 115 Å². The van der Waals surface area contributed by atoms with Crippen molar-refractivity contribution in [3.8, 4) is 0 Å². The molecule has 0 saturated heterocycles. The maximum atomic E-state index is 6.16. The van der Waals surface area contributed by atoms with Gasteiger partial charge in [0.1, 0.15) is 0 Å². The van der Waals surface area contributed by atoms with Crippen LogP contribution in [0, 0.1) is 5.92 Å². The fourth-order valence-electron chi connectivity index (χ4n) is 3.15. The van der Waals surface area contributed by atoms with Gasteiger partial charge in [0.05, 0.1) is 0 Å². The van der Waals surface area contributed by atoms with Gasteiger partial charge in [0.2, 0.25) is 0 Å². The highest BCUT2D eigenvalue weighted by Crippen LogP contribution is 2.19. The van der Waals surface area contributed by atoms with Crippen LogP contribution in [0.25, 0.3) is 0 Å². The molecule has 0 unspecified atom stereocenters. The molecule has 0 spiro atoms. The minimum Gasteiger partial charge on any atom is -0.328 e. The van der Waals surface area contributed by atoms with Gasteiger partial charge < -0.3 is 5.73 Å². The summed E-state index contributed by atoms with van der Waals surface area (Å²) in [6.45, 7) is 2.45. The second-order valence-electron chi connectivity index (χ2n) is 6.56. The lowest BCUT2D eigenvalue weighted by Crippen LogP contribution is -2.19. The van der Waals surface area contributed by atoms with Crippen LogP contribution in [0.1, 0.15) is 96.8 Å². The summed E-state index contributed by atoms with van der Waals surface area (Å²) in [5.41, 5.74) is 6.16. The second kappa shape index (κ2) is 10.8. The van der Waals surface area contributed by atoms with E-state index in [0.29, 0.717) is 6.04 Å². The molecule has 0 bridgehead atoms. The Balaban J connectivity index is 2.17. The van der Waals surface area contributed by atoms with E-state index in [0.717, 1.165) is 5.92 Å². The zero-order valence-corrected chi connectivity index (χ0v) is 12.6. The molecule has 1 nitrogen and oxygen atoms in total. The van der Waals surface area contributed by atoms with Gasteiger partial charge in [-0.2, -0.15) is 0 Å². The van der Waals surface area contributed by atoms with Crippen molar-refractivity contribution < 1.29 is 0 Å². The van der Waals surface area contributed by atoms with Gasteiger partial charge in [0.15, 0.2) is 0 Å². The van der Waals surface area contributed by atoms with Gasteiger partial charge >= 0.3 is 0 Å². The highest BCUT2D eigenvalue weighted by atomic mass is 14.6. The molecule has 2 N–H and O–H groups in total. The summed E-state index contributed by atoms with van der Waals surface area (Å²) < 4.78 is 0. The minimum atomic E-state index is 0.484. The molecule has 108 valence electrons. The Bertz CT molecular complexity index is 142. The van der Waals surface area contributed by atoms with E-state index in [1.807, 2.05) is 0 Å². The highest BCUT2D eigenvalue weighted by Gasteiger charge is 2.05. The smallest absolute Gasteiger partial charge is 0.00388 e. The Morgan fingerprint density at radius 1 is 0.556 bits per heavy atom. The van der Waals surface area contributed by atoms with E-state index in [1.54, 1.807) is 0 Å². The van der Waals surface area contributed by atoms with Crippen molar-refractivity contribution in [2.24, 2.45) is 11.7 Å². The maximum absolute atomic E-state index is 6.16. The average molecular weight is 253 g/mol. The molecule has 1 aliphatic carbocycles. The quantitative estimate of drug-likeness (QED) is 0.612. The predicted octanol–water partition coefficient (Wildman–Crippen LogP) is 5.42. The first-order chi connectivity index (χ1) is 8.79. The summed E-state index contributed by atoms with van der Waals surface area (Å²) >= 11 is 0. The first kappa shape index (κ1) is 16.0. The predicted molar refractivity (Wildman–Crippen MR) is 81.8 cm³/mol. The van der Waals surface area contributed by atoms with Gasteiger partial charge in [-0.15, -0.1) is 0 Å². The molecule has 1 rings (SSSR count). The fourth-order valence-corrected chi connectivity index (χ4v) is 3.15. The molecule has 0 amide bonds. The molecule has 0 radical (unpaired) electrons. The number of hydrogen-bond donors (Lipinski definition) is 1. The molecule has 0 atom stereocenters. The van der Waals surface area contributed by atoms with E-state index in [1.165, 1.54) is 89.9 Å². The first-order valence-corrected chi connectivity index (χ1v) is 8.54. The Hall–Kier alpha value is -0.0400. The minimum absolute atomic E-state index is 0.484. The summed E-state index contributed by atoms with van der Waals surface area (Å²) in [7, 11) is 0. The average Bonchev–Trinajstić information content (AvgIpc) is 2.35. The highest BCUT2D eigenvalue weighted by molar-refractivity contribution is 4.63. The van der Waals surface area contributed by atoms with Gasteiger partial charge in [-0.05, 0) is 18.8 Å². The zero-order chi connectivity index (χ0) is 13.1. The van der Waals surface area contributed by atoms with Crippen molar-refractivity contribution in [2.75, 3.05) is 0 Å². The van der Waals surface area contributed by atoms with Crippen molar-refractivity contribution in [2.45, 2.75) is 103 Å². The van der Waals surface area contributed by atoms with E-state index in [4.69, 9.17) is 5.73 Å². The number of rotatable bonds is 0. The van der Waals surface area contributed by atoms with Crippen molar-refractivity contribution in [3.63, 3.8) is 0 Å². The molecule has 0 aromatic carbocycles. The van der Waals surface area contributed by atoms with Gasteiger partial charge in [0.25, 0.3) is 0 Å². The molecule has 18 heavy (non-hydrogen) atoms. The monoisotopic (exact) mass is 253 g/mol. The van der Waals surface area contributed by atoms with Crippen LogP contribution in [0.4, 0.5) is 0 Å². The van der Waals surface area contributed by atoms with Crippen LogP contribution in [0.5, 0.6) is 0 Å². The lowest BCUT2D eigenvalue weighted by atomic mass is 9.94. The van der Waals surface area contributed by atoms with Crippen LogP contribution in [0.15, 0.2) is 0 Å². The summed E-state index contributed by atoms with van der Waals surface area (Å²) in [4.78, 5) is 0. The van der Waals surface area contributed by atoms with Gasteiger partial charge in [-0.1, -0.05) is 84.0 Å². The standard InChI is InChI=1S/C17H35N/c1-16-12-8-4-2-6-10-14-17(18)15-11-7-3-5-9-13-16/h16-17H,2-15,18H2,1H3. The van der Waals surface area contributed by atoms with E-state index in [9.17, 15) is 0 Å². The van der Waals surface area contributed by atoms with Crippen LogP contribution < -0.4 is 5.73 Å². The molecule has 1 fully saturated rings. The van der Waals surface area contributed by atoms with Crippen LogP contribution in [0.3, 0.4) is 0 Å². The summed E-state index contributed by atoms with van der Waals surface area (Å²) in [6.07, 6.45) is 19.6. The first-order valence-electron chi connectivity index (χ1n) is 8.54. The van der Waals surface area contributed by atoms with E-state index < -0.39 is 0 Å². The number of nitrogens with two attached hydrogens (primary N) is 1. The molecule has 0 aromatic rings. The summed E-state index contributed by atoms with van der Waals surface area (Å²) in [5.74, 6) is 0.964. The number of hydrogen-bond acceptors (Lipinski definition) is 1. The molecular weight excluding hydrogens is 218 g/mol. The van der Waals surface area contributed by atoms with Crippen molar-refractivity contribution >= 4 is 0 Å². The molecule has 1 saturated carbocycles. The third-order valence-electron chi connectivity index (χ3n) is 4.54. The summed E-state index contributed by atoms with van der Waals surface area (Å²) in [5, 5.41) is 0. The van der Waals surface area contributed by atoms with Gasteiger partial charge in [-0.25, -0.2) is 0 Å². The van der Waals surface area contributed by atoms with Gasteiger partial charge in [0, 0.05) is 6.04 Å². The maximum Gasteiger partial charge on any atom is 0.00388 e. The molecule has 0 aromatic heterocycles. The lowest BCUT2D eigenvalue weighted by Gasteiger charge is -2.13. The fraction of sp³-hybridized carbons (Fsp3) is 1.00. The van der Waals surface area contributed by atoms with E-state index >= 15 is 0 Å². The van der Waals surface area contributed by atoms with Crippen molar-refractivity contribution in [1.29, 1.82) is 0 Å². The van der Waals surface area contributed by atoms with Crippen molar-refractivity contribution in [1.82, 2.24) is 0 Å². The molecular formula is C17H35N. The molecule has 0 aliphatic heterocycles. The Morgan fingerprint density at radius 2 is 0.889 bits per heavy atom. The van der Waals surface area contributed by atoms with Crippen LogP contribution in [-0.2, 0) is 0 Å². The van der Waals surface area contributed by atoms with Crippen molar-refractivity contribution in [3.05, 3.63) is 0 Å². The Morgan fingerprint density at radius 3 is 1.33 bits per heavy atom. The third-order valence-corrected chi connectivity index (χ3v) is 4.54. The lowest BCUT2D eigenvalue weighted by molar-refractivity contribution is 0.420.